The molecule has 0 unspecified atom stereocenters. The summed E-state index contributed by atoms with van der Waals surface area (Å²) < 4.78 is 2.38. The van der Waals surface area contributed by atoms with E-state index < -0.39 is 0 Å². The van der Waals surface area contributed by atoms with Gasteiger partial charge in [0.05, 0.1) is 16.7 Å². The molecule has 0 aliphatic carbocycles. The lowest BCUT2D eigenvalue weighted by atomic mass is 9.87. The number of hydrogen-bond acceptors (Lipinski definition) is 1. The van der Waals surface area contributed by atoms with Crippen molar-refractivity contribution in [2.75, 3.05) is 0 Å². The van der Waals surface area contributed by atoms with E-state index in [9.17, 15) is 0 Å². The Bertz CT molecular complexity index is 3860. The zero-order chi connectivity index (χ0) is 40.0. The quantitative estimate of drug-likeness (QED) is 0.129. The molecule has 1 aromatic heterocycles. The topological polar surface area (TPSA) is 17.8 Å². The number of para-hydroxylation sites is 2. The Morgan fingerprint density at radius 1 is 0.295 bits per heavy atom. The first-order valence-electron chi connectivity index (χ1n) is 21.1. The van der Waals surface area contributed by atoms with E-state index in [4.69, 9.17) is 4.98 Å². The van der Waals surface area contributed by atoms with Crippen molar-refractivity contribution in [2.24, 2.45) is 0 Å². The zero-order valence-corrected chi connectivity index (χ0v) is 33.2. The smallest absolute Gasteiger partial charge is 0.145 e. The Hall–Kier alpha value is -8.07. The highest BCUT2D eigenvalue weighted by Crippen LogP contribution is 2.46. The van der Waals surface area contributed by atoms with Gasteiger partial charge < -0.3 is 0 Å². The van der Waals surface area contributed by atoms with Crippen LogP contribution in [0.2, 0.25) is 0 Å². The van der Waals surface area contributed by atoms with Gasteiger partial charge in [0.1, 0.15) is 5.82 Å². The zero-order valence-electron chi connectivity index (χ0n) is 33.2. The van der Waals surface area contributed by atoms with Crippen molar-refractivity contribution in [2.45, 2.75) is 0 Å². The first kappa shape index (κ1) is 33.9. The summed E-state index contributed by atoms with van der Waals surface area (Å²) >= 11 is 0. The van der Waals surface area contributed by atoms with Crippen LogP contribution < -0.4 is 0 Å². The molecular weight excluding hydrogens is 737 g/mol. The van der Waals surface area contributed by atoms with Gasteiger partial charge in [-0.15, -0.1) is 0 Å². The number of rotatable bonds is 4. The summed E-state index contributed by atoms with van der Waals surface area (Å²) in [6, 6.07) is 80.1. The molecule has 0 saturated carbocycles. The average molecular weight is 773 g/mol. The molecule has 1 heterocycles. The molecule has 2 heteroatoms. The van der Waals surface area contributed by atoms with Gasteiger partial charge in [-0.3, -0.25) is 4.57 Å². The summed E-state index contributed by atoms with van der Waals surface area (Å²) in [6.45, 7) is 0. The molecule has 61 heavy (non-hydrogen) atoms. The van der Waals surface area contributed by atoms with Crippen LogP contribution >= 0.6 is 0 Å². The van der Waals surface area contributed by atoms with Gasteiger partial charge in [0.15, 0.2) is 0 Å². The van der Waals surface area contributed by atoms with Crippen molar-refractivity contribution < 1.29 is 0 Å². The monoisotopic (exact) mass is 772 g/mol. The summed E-state index contributed by atoms with van der Waals surface area (Å²) in [7, 11) is 0. The maximum atomic E-state index is 5.24. The molecule has 0 saturated heterocycles. The van der Waals surface area contributed by atoms with Crippen molar-refractivity contribution >= 4 is 86.4 Å². The van der Waals surface area contributed by atoms with Gasteiger partial charge in [-0.2, -0.15) is 0 Å². The highest BCUT2D eigenvalue weighted by atomic mass is 15.1. The van der Waals surface area contributed by atoms with Gasteiger partial charge >= 0.3 is 0 Å². The van der Waals surface area contributed by atoms with E-state index >= 15 is 0 Å². The van der Waals surface area contributed by atoms with Gasteiger partial charge in [0.2, 0.25) is 0 Å². The van der Waals surface area contributed by atoms with Crippen molar-refractivity contribution in [3.8, 4) is 39.3 Å². The average Bonchev–Trinajstić information content (AvgIpc) is 3.71. The lowest BCUT2D eigenvalue weighted by Crippen LogP contribution is -2.01. The van der Waals surface area contributed by atoms with E-state index in [1.54, 1.807) is 0 Å². The summed E-state index contributed by atoms with van der Waals surface area (Å²) in [5, 5.41) is 17.6. The molecule has 0 radical (unpaired) electrons. The fourth-order valence-electron chi connectivity index (χ4n) is 10.4. The Kier molecular flexibility index (Phi) is 7.34. The molecule has 12 aromatic carbocycles. The minimum Gasteiger partial charge on any atom is -0.291 e. The lowest BCUT2D eigenvalue weighted by Gasteiger charge is -2.20. The highest BCUT2D eigenvalue weighted by Gasteiger charge is 2.22. The van der Waals surface area contributed by atoms with Crippen molar-refractivity contribution in [1.82, 2.24) is 9.55 Å². The second-order valence-corrected chi connectivity index (χ2v) is 16.2. The van der Waals surface area contributed by atoms with Crippen LogP contribution in [0.4, 0.5) is 0 Å². The van der Waals surface area contributed by atoms with Gasteiger partial charge in [-0.25, -0.2) is 4.98 Å². The first-order chi connectivity index (χ1) is 30.3. The molecule has 2 nitrogen and oxygen atoms in total. The Balaban J connectivity index is 1.07. The molecule has 0 aliphatic rings. The van der Waals surface area contributed by atoms with Crippen LogP contribution in [0.15, 0.2) is 218 Å². The molecule has 0 amide bonds. The number of imidazole rings is 1. The number of benzene rings is 11. The minimum absolute atomic E-state index is 0.935. The van der Waals surface area contributed by atoms with Crippen molar-refractivity contribution in [3.63, 3.8) is 0 Å². The number of nitrogens with zero attached hydrogens (tertiary/aromatic N) is 2. The minimum atomic E-state index is 0.935. The van der Waals surface area contributed by atoms with E-state index in [-0.39, 0.29) is 0 Å². The largest absolute Gasteiger partial charge is 0.291 e. The highest BCUT2D eigenvalue weighted by molar-refractivity contribution is 6.34. The van der Waals surface area contributed by atoms with Crippen LogP contribution in [0.25, 0.3) is 126 Å². The molecular formula is C59H36N2. The van der Waals surface area contributed by atoms with Crippen LogP contribution in [0, 0.1) is 0 Å². The Morgan fingerprint density at radius 3 is 1.44 bits per heavy atom. The third kappa shape index (κ3) is 5.00. The number of hydrogen-bond donors (Lipinski definition) is 0. The number of fused-ring (bicyclic) bond motifs is 8. The molecule has 0 fully saturated rings. The van der Waals surface area contributed by atoms with Crippen LogP contribution in [-0.2, 0) is 0 Å². The van der Waals surface area contributed by atoms with Crippen LogP contribution in [0.1, 0.15) is 0 Å². The van der Waals surface area contributed by atoms with E-state index in [0.29, 0.717) is 0 Å². The van der Waals surface area contributed by atoms with Gasteiger partial charge in [-0.05, 0) is 99.0 Å². The molecule has 0 bridgehead atoms. The molecule has 13 rings (SSSR count). The SMILES string of the molecule is c1ccc(-c2nc3ccccc3n2-c2c3ccccc3c(-c3ccc(-c4cccc5c6cccc7ccc8cccc(c9ccccc9c45)c8c76)cc3)c3ccccc23)cc1. The van der Waals surface area contributed by atoms with Crippen LogP contribution in [0.5, 0.6) is 0 Å². The second kappa shape index (κ2) is 13.2. The van der Waals surface area contributed by atoms with Gasteiger partial charge in [-0.1, -0.05) is 206 Å². The maximum absolute atomic E-state index is 5.24. The standard InChI is InChI=1S/C59H36N2/c1-2-15-41(16-3-1)59-60-52-29-10-11-30-53(52)61(59)58-50-23-8-6-21-48(50)54(49-22-7-9-24-51(49)58)40-33-31-37(32-34-40)42-25-14-28-47-46-27-13-18-39-36-35-38-17-12-26-44(55(38)56(39)46)43-19-4-5-20-45(43)57(42)47/h1-36H. The lowest BCUT2D eigenvalue weighted by molar-refractivity contribution is 1.13. The van der Waals surface area contributed by atoms with Crippen LogP contribution in [-0.4, -0.2) is 9.55 Å². The summed E-state index contributed by atoms with van der Waals surface area (Å²) in [6.07, 6.45) is 0. The third-order valence-electron chi connectivity index (χ3n) is 12.9. The molecule has 0 N–H and O–H groups in total. The molecule has 13 aromatic rings. The summed E-state index contributed by atoms with van der Waals surface area (Å²) in [4.78, 5) is 5.24. The molecule has 0 atom stereocenters. The predicted molar refractivity (Wildman–Crippen MR) is 260 cm³/mol. The maximum Gasteiger partial charge on any atom is 0.145 e. The van der Waals surface area contributed by atoms with Gasteiger partial charge in [0, 0.05) is 16.3 Å². The molecule has 0 aliphatic heterocycles. The van der Waals surface area contributed by atoms with Gasteiger partial charge in [0.25, 0.3) is 0 Å². The normalized spacial score (nSPS) is 11.9. The number of aromatic nitrogens is 2. The first-order valence-corrected chi connectivity index (χ1v) is 21.1. The Morgan fingerprint density at radius 2 is 0.770 bits per heavy atom. The molecule has 0 spiro atoms. The van der Waals surface area contributed by atoms with E-state index in [2.05, 4.69) is 223 Å². The summed E-state index contributed by atoms with van der Waals surface area (Å²) in [5.41, 5.74) is 9.13. The van der Waals surface area contributed by atoms with E-state index in [1.807, 2.05) is 0 Å². The van der Waals surface area contributed by atoms with Crippen molar-refractivity contribution in [1.29, 1.82) is 0 Å². The summed E-state index contributed by atoms with van der Waals surface area (Å²) in [5.74, 6) is 0.935. The predicted octanol–water partition coefficient (Wildman–Crippen LogP) is 16.1. The molecule has 282 valence electrons. The van der Waals surface area contributed by atoms with E-state index in [0.717, 1.165) is 28.1 Å². The third-order valence-corrected chi connectivity index (χ3v) is 12.9. The van der Waals surface area contributed by atoms with Crippen LogP contribution in [0.3, 0.4) is 0 Å². The Labute approximate surface area is 352 Å². The fourth-order valence-corrected chi connectivity index (χ4v) is 10.4. The van der Waals surface area contributed by atoms with E-state index in [1.165, 1.54) is 97.7 Å². The fraction of sp³-hybridized carbons (Fsp3) is 0. The van der Waals surface area contributed by atoms with Crippen molar-refractivity contribution in [3.05, 3.63) is 218 Å². The second-order valence-electron chi connectivity index (χ2n) is 16.2.